The van der Waals surface area contributed by atoms with Crippen LogP contribution in [-0.2, 0) is 28.6 Å². The lowest BCUT2D eigenvalue weighted by molar-refractivity contribution is -0.167. The fourth-order valence-electron chi connectivity index (χ4n) is 7.41. The van der Waals surface area contributed by atoms with Crippen LogP contribution in [0.4, 0.5) is 0 Å². The van der Waals surface area contributed by atoms with Crippen LogP contribution in [0.25, 0.3) is 0 Å². The molecular weight excluding hydrogens is 745 g/mol. The number of unbranched alkanes of at least 4 members (excludes halogenated alkanes) is 31. The highest BCUT2D eigenvalue weighted by Gasteiger charge is 2.19. The molecule has 0 spiro atoms. The third kappa shape index (κ3) is 46.7. The van der Waals surface area contributed by atoms with E-state index in [0.717, 1.165) is 70.6 Å². The maximum Gasteiger partial charge on any atom is 0.306 e. The molecule has 0 aromatic rings. The molecule has 0 rings (SSSR count). The minimum absolute atomic E-state index is 0.0803. The second-order valence-corrected chi connectivity index (χ2v) is 17.5. The molecule has 6 heteroatoms. The molecule has 0 saturated heterocycles. The molecule has 1 atom stereocenters. The minimum atomic E-state index is -0.779. The summed E-state index contributed by atoms with van der Waals surface area (Å²) < 4.78 is 16.8. The maximum atomic E-state index is 12.8. The van der Waals surface area contributed by atoms with E-state index in [1.54, 1.807) is 0 Å². The summed E-state index contributed by atoms with van der Waals surface area (Å²) in [6.07, 6.45) is 57.0. The molecule has 0 radical (unpaired) electrons. The number of carbonyl (C=O) groups excluding carboxylic acids is 3. The van der Waals surface area contributed by atoms with Crippen LogP contribution in [-0.4, -0.2) is 37.2 Å². The molecule has 0 heterocycles. The first-order valence-corrected chi connectivity index (χ1v) is 26.0. The molecule has 0 aromatic carbocycles. The maximum absolute atomic E-state index is 12.8. The van der Waals surface area contributed by atoms with Gasteiger partial charge in [0, 0.05) is 19.3 Å². The number of carbonyl (C=O) groups is 3. The Hall–Kier alpha value is -2.37. The van der Waals surface area contributed by atoms with Crippen LogP contribution >= 0.6 is 0 Å². The fourth-order valence-corrected chi connectivity index (χ4v) is 7.41. The largest absolute Gasteiger partial charge is 0.462 e. The summed E-state index contributed by atoms with van der Waals surface area (Å²) in [5, 5.41) is 0. The van der Waals surface area contributed by atoms with E-state index in [0.29, 0.717) is 19.3 Å². The van der Waals surface area contributed by atoms with E-state index in [1.165, 1.54) is 161 Å². The van der Waals surface area contributed by atoms with Crippen molar-refractivity contribution in [2.45, 2.75) is 277 Å². The second kappa shape index (κ2) is 49.3. The predicted octanol–water partition coefficient (Wildman–Crippen LogP) is 16.9. The van der Waals surface area contributed by atoms with Gasteiger partial charge in [0.2, 0.25) is 0 Å². The topological polar surface area (TPSA) is 78.9 Å². The van der Waals surface area contributed by atoms with E-state index in [2.05, 4.69) is 57.2 Å². The van der Waals surface area contributed by atoms with E-state index in [9.17, 15) is 14.4 Å². The van der Waals surface area contributed by atoms with Gasteiger partial charge in [-0.05, 0) is 64.2 Å². The molecule has 0 aliphatic carbocycles. The van der Waals surface area contributed by atoms with Crippen LogP contribution in [0.15, 0.2) is 36.5 Å². The zero-order valence-corrected chi connectivity index (χ0v) is 40.0. The van der Waals surface area contributed by atoms with Crippen LogP contribution < -0.4 is 0 Å². The second-order valence-electron chi connectivity index (χ2n) is 17.5. The Labute approximate surface area is 372 Å². The quantitative estimate of drug-likeness (QED) is 0.0200. The van der Waals surface area contributed by atoms with Crippen molar-refractivity contribution in [3.63, 3.8) is 0 Å². The Balaban J connectivity index is 4.31. The number of ether oxygens (including phenoxy) is 3. The molecule has 0 aliphatic rings. The van der Waals surface area contributed by atoms with Crippen molar-refractivity contribution in [2.24, 2.45) is 0 Å². The molecule has 6 nitrogen and oxygen atoms in total. The molecule has 350 valence electrons. The number of allylic oxidation sites excluding steroid dienone is 6. The number of esters is 3. The van der Waals surface area contributed by atoms with E-state index < -0.39 is 6.10 Å². The van der Waals surface area contributed by atoms with Crippen LogP contribution in [0.5, 0.6) is 0 Å². The van der Waals surface area contributed by atoms with Gasteiger partial charge in [-0.15, -0.1) is 0 Å². The lowest BCUT2D eigenvalue weighted by atomic mass is 10.0. The first kappa shape index (κ1) is 57.6. The summed E-state index contributed by atoms with van der Waals surface area (Å²) in [7, 11) is 0. The van der Waals surface area contributed by atoms with Crippen molar-refractivity contribution < 1.29 is 28.6 Å². The van der Waals surface area contributed by atoms with Gasteiger partial charge in [-0.1, -0.05) is 224 Å². The molecule has 0 N–H and O–H groups in total. The molecule has 1 unspecified atom stereocenters. The SMILES string of the molecule is CCCC/C=C\C=C/CCCCCC(=O)OCC(COC(=O)CCCCCCCCC/C=C\CCCCCCCCCC)OC(=O)CCCCCCCCCCCCCC. The van der Waals surface area contributed by atoms with Gasteiger partial charge in [-0.2, -0.15) is 0 Å². The van der Waals surface area contributed by atoms with E-state index in [-0.39, 0.29) is 31.1 Å². The first-order valence-electron chi connectivity index (χ1n) is 26.0. The van der Waals surface area contributed by atoms with E-state index >= 15 is 0 Å². The standard InChI is InChI=1S/C54H98O6/c1-4-7-10-13-16-19-22-24-25-26-27-28-29-30-33-35-38-41-44-47-53(56)59-50-51(49-58-52(55)46-43-40-37-34-31-21-18-15-12-9-6-3)60-54(57)48-45-42-39-36-32-23-20-17-14-11-8-5-2/h15,18,21,26-27,31,51H,4-14,16-17,19-20,22-25,28-30,32-50H2,1-3H3/b18-15-,27-26-,31-21-. The summed E-state index contributed by atoms with van der Waals surface area (Å²) in [5.41, 5.74) is 0. The minimum Gasteiger partial charge on any atom is -0.462 e. The Kier molecular flexibility index (Phi) is 47.3. The Bertz CT molecular complexity index is 1020. The van der Waals surface area contributed by atoms with Crippen LogP contribution in [0.2, 0.25) is 0 Å². The van der Waals surface area contributed by atoms with Crippen LogP contribution in [0, 0.1) is 0 Å². The normalized spacial score (nSPS) is 12.2. The van der Waals surface area contributed by atoms with Gasteiger partial charge < -0.3 is 14.2 Å². The third-order valence-electron chi connectivity index (χ3n) is 11.4. The summed E-state index contributed by atoms with van der Waals surface area (Å²) in [6, 6.07) is 0. The molecule has 0 bridgehead atoms. The van der Waals surface area contributed by atoms with Gasteiger partial charge in [-0.3, -0.25) is 14.4 Å². The van der Waals surface area contributed by atoms with Crippen molar-refractivity contribution in [1.82, 2.24) is 0 Å². The van der Waals surface area contributed by atoms with Gasteiger partial charge in [0.15, 0.2) is 6.10 Å². The van der Waals surface area contributed by atoms with Crippen molar-refractivity contribution in [2.75, 3.05) is 13.2 Å². The van der Waals surface area contributed by atoms with Gasteiger partial charge >= 0.3 is 17.9 Å². The Morgan fingerprint density at radius 2 is 0.617 bits per heavy atom. The molecule has 0 fully saturated rings. The van der Waals surface area contributed by atoms with Gasteiger partial charge in [0.25, 0.3) is 0 Å². The van der Waals surface area contributed by atoms with Gasteiger partial charge in [-0.25, -0.2) is 0 Å². The Morgan fingerprint density at radius 1 is 0.333 bits per heavy atom. The molecule has 0 saturated carbocycles. The van der Waals surface area contributed by atoms with Crippen LogP contribution in [0.3, 0.4) is 0 Å². The van der Waals surface area contributed by atoms with E-state index in [1.807, 2.05) is 0 Å². The van der Waals surface area contributed by atoms with Crippen molar-refractivity contribution in [1.29, 1.82) is 0 Å². The van der Waals surface area contributed by atoms with Crippen molar-refractivity contribution in [3.05, 3.63) is 36.5 Å². The summed E-state index contributed by atoms with van der Waals surface area (Å²) in [4.78, 5) is 37.9. The summed E-state index contributed by atoms with van der Waals surface area (Å²) >= 11 is 0. The Morgan fingerprint density at radius 3 is 1.00 bits per heavy atom. The zero-order valence-electron chi connectivity index (χ0n) is 40.0. The highest BCUT2D eigenvalue weighted by Crippen LogP contribution is 2.15. The molecular formula is C54H98O6. The first-order chi connectivity index (χ1) is 29.5. The number of rotatable bonds is 47. The fraction of sp³-hybridized carbons (Fsp3) is 0.833. The predicted molar refractivity (Wildman–Crippen MR) is 256 cm³/mol. The average Bonchev–Trinajstić information content (AvgIpc) is 3.24. The van der Waals surface area contributed by atoms with Crippen molar-refractivity contribution >= 4 is 17.9 Å². The smallest absolute Gasteiger partial charge is 0.306 e. The van der Waals surface area contributed by atoms with E-state index in [4.69, 9.17) is 14.2 Å². The summed E-state index contributed by atoms with van der Waals surface area (Å²) in [5.74, 6) is -0.904. The lowest BCUT2D eigenvalue weighted by Crippen LogP contribution is -2.30. The summed E-state index contributed by atoms with van der Waals surface area (Å²) in [6.45, 7) is 6.57. The van der Waals surface area contributed by atoms with Gasteiger partial charge in [0.1, 0.15) is 13.2 Å². The highest BCUT2D eigenvalue weighted by molar-refractivity contribution is 5.71. The highest BCUT2D eigenvalue weighted by atomic mass is 16.6. The third-order valence-corrected chi connectivity index (χ3v) is 11.4. The number of hydrogen-bond acceptors (Lipinski definition) is 6. The molecule has 60 heavy (non-hydrogen) atoms. The monoisotopic (exact) mass is 843 g/mol. The molecule has 0 amide bonds. The van der Waals surface area contributed by atoms with Crippen LogP contribution in [0.1, 0.15) is 271 Å². The number of hydrogen-bond donors (Lipinski definition) is 0. The molecule has 0 aromatic heterocycles. The molecule has 0 aliphatic heterocycles. The lowest BCUT2D eigenvalue weighted by Gasteiger charge is -2.18. The van der Waals surface area contributed by atoms with Crippen molar-refractivity contribution in [3.8, 4) is 0 Å². The zero-order chi connectivity index (χ0) is 43.7. The average molecular weight is 843 g/mol. The van der Waals surface area contributed by atoms with Gasteiger partial charge in [0.05, 0.1) is 0 Å².